The molecule has 0 N–H and O–H groups in total. The van der Waals surface area contributed by atoms with E-state index in [1.54, 1.807) is 0 Å². The van der Waals surface area contributed by atoms with Gasteiger partial charge in [-0.05, 0) is 13.8 Å². The summed E-state index contributed by atoms with van der Waals surface area (Å²) in [7, 11) is 0. The average Bonchev–Trinajstić information content (AvgIpc) is 2.28. The van der Waals surface area contributed by atoms with Crippen molar-refractivity contribution in [3.05, 3.63) is 12.2 Å². The highest BCUT2D eigenvalue weighted by molar-refractivity contribution is 5.98. The first-order chi connectivity index (χ1) is 8.90. The molecule has 0 saturated heterocycles. The van der Waals surface area contributed by atoms with E-state index >= 15 is 0 Å². The van der Waals surface area contributed by atoms with Gasteiger partial charge in [0.15, 0.2) is 0 Å². The third-order valence-corrected chi connectivity index (χ3v) is 1.54. The fourth-order valence-corrected chi connectivity index (χ4v) is 0.818. The van der Waals surface area contributed by atoms with E-state index in [4.69, 9.17) is 0 Å². The number of carbonyl (C=O) groups is 4. The van der Waals surface area contributed by atoms with E-state index in [1.807, 2.05) is 0 Å². The minimum atomic E-state index is -1.20. The molecule has 0 aliphatic rings. The largest absolute Gasteiger partial charge is 0.516 e. The first-order valence-electron chi connectivity index (χ1n) is 5.34. The predicted molar refractivity (Wildman–Crippen MR) is 60.0 cm³/mol. The van der Waals surface area contributed by atoms with Gasteiger partial charge in [-0.3, -0.25) is 4.79 Å². The number of rotatable bonds is 5. The molecule has 0 atom stereocenters. The number of hydrogen-bond donors (Lipinski definition) is 0. The van der Waals surface area contributed by atoms with Crippen molar-refractivity contribution in [3.8, 4) is 0 Å². The van der Waals surface area contributed by atoms with Gasteiger partial charge in [-0.25, -0.2) is 14.4 Å². The Morgan fingerprint density at radius 3 is 1.84 bits per heavy atom. The second-order valence-corrected chi connectivity index (χ2v) is 3.01. The summed E-state index contributed by atoms with van der Waals surface area (Å²) in [6.45, 7) is 6.35. The van der Waals surface area contributed by atoms with Gasteiger partial charge in [0, 0.05) is 5.57 Å². The zero-order valence-electron chi connectivity index (χ0n) is 10.6. The molecular formula is C11H14O8. The molecule has 0 rings (SSSR count). The average molecular weight is 274 g/mol. The number of carbonyl (C=O) groups excluding carboxylic acids is 4. The first kappa shape index (κ1) is 16.6. The van der Waals surface area contributed by atoms with Crippen LogP contribution in [0.2, 0.25) is 0 Å². The molecule has 0 bridgehead atoms. The summed E-state index contributed by atoms with van der Waals surface area (Å²) in [4.78, 5) is 44.0. The van der Waals surface area contributed by atoms with Crippen LogP contribution in [0.4, 0.5) is 9.59 Å². The molecule has 0 aromatic rings. The molecule has 0 fully saturated rings. The highest BCUT2D eigenvalue weighted by Crippen LogP contribution is 2.04. The van der Waals surface area contributed by atoms with Crippen LogP contribution in [0.3, 0.4) is 0 Å². The maximum absolute atomic E-state index is 11.2. The second kappa shape index (κ2) is 8.67. The van der Waals surface area contributed by atoms with Crippen LogP contribution in [0.1, 0.15) is 20.3 Å². The Hall–Kier alpha value is -2.38. The first-order valence-corrected chi connectivity index (χ1v) is 5.34. The fourth-order valence-electron chi connectivity index (χ4n) is 0.818. The zero-order chi connectivity index (χ0) is 14.8. The molecule has 0 aliphatic heterocycles. The van der Waals surface area contributed by atoms with Crippen LogP contribution < -0.4 is 0 Å². The molecule has 0 radical (unpaired) electrons. The molecule has 0 aliphatic carbocycles. The standard InChI is InChI=1S/C11H14O8/c1-4-16-10(14)18-8(12)6-7(3)9(13)19-11(15)17-5-2/h3-6H2,1-2H3. The third-order valence-electron chi connectivity index (χ3n) is 1.54. The van der Waals surface area contributed by atoms with Crippen LogP contribution in [0.5, 0.6) is 0 Å². The lowest BCUT2D eigenvalue weighted by Gasteiger charge is -2.05. The van der Waals surface area contributed by atoms with E-state index in [2.05, 4.69) is 25.5 Å². The van der Waals surface area contributed by atoms with Crippen LogP contribution in [-0.4, -0.2) is 37.5 Å². The maximum atomic E-state index is 11.2. The van der Waals surface area contributed by atoms with E-state index in [0.717, 1.165) is 0 Å². The van der Waals surface area contributed by atoms with Gasteiger partial charge in [-0.1, -0.05) is 6.58 Å². The summed E-state index contributed by atoms with van der Waals surface area (Å²) in [6.07, 6.45) is -3.00. The monoisotopic (exact) mass is 274 g/mol. The summed E-state index contributed by atoms with van der Waals surface area (Å²) in [5, 5.41) is 0. The number of esters is 2. The SMILES string of the molecule is C=C(CC(=O)OC(=O)OCC)C(=O)OC(=O)OCC. The van der Waals surface area contributed by atoms with Crippen molar-refractivity contribution in [1.82, 2.24) is 0 Å². The Balaban J connectivity index is 4.15. The molecule has 0 amide bonds. The summed E-state index contributed by atoms with van der Waals surface area (Å²) in [5.74, 6) is -2.19. The summed E-state index contributed by atoms with van der Waals surface area (Å²) in [5.41, 5.74) is -0.359. The van der Waals surface area contributed by atoms with Gasteiger partial charge >= 0.3 is 24.2 Å². The highest BCUT2D eigenvalue weighted by Gasteiger charge is 2.20. The summed E-state index contributed by atoms with van der Waals surface area (Å²) in [6, 6.07) is 0. The topological polar surface area (TPSA) is 105 Å². The second-order valence-electron chi connectivity index (χ2n) is 3.01. The van der Waals surface area contributed by atoms with Crippen molar-refractivity contribution >= 4 is 24.2 Å². The van der Waals surface area contributed by atoms with Crippen LogP contribution in [0, 0.1) is 0 Å². The minimum Gasteiger partial charge on any atom is -0.434 e. The van der Waals surface area contributed by atoms with Gasteiger partial charge < -0.3 is 18.9 Å². The van der Waals surface area contributed by atoms with Crippen molar-refractivity contribution in [2.75, 3.05) is 13.2 Å². The fraction of sp³-hybridized carbons (Fsp3) is 0.455. The molecule has 0 spiro atoms. The van der Waals surface area contributed by atoms with Crippen LogP contribution >= 0.6 is 0 Å². The van der Waals surface area contributed by atoms with Crippen molar-refractivity contribution in [2.24, 2.45) is 0 Å². The number of hydrogen-bond acceptors (Lipinski definition) is 8. The van der Waals surface area contributed by atoms with Gasteiger partial charge in [0.2, 0.25) is 0 Å². The highest BCUT2D eigenvalue weighted by atomic mass is 16.7. The Bertz CT molecular complexity index is 384. The molecule has 0 unspecified atom stereocenters. The molecule has 0 aromatic carbocycles. The Kier molecular flexibility index (Phi) is 7.59. The number of ether oxygens (including phenoxy) is 4. The molecule has 0 aromatic heterocycles. The van der Waals surface area contributed by atoms with E-state index in [1.165, 1.54) is 13.8 Å². The van der Waals surface area contributed by atoms with Gasteiger partial charge in [-0.2, -0.15) is 0 Å². The van der Waals surface area contributed by atoms with E-state index in [9.17, 15) is 19.2 Å². The zero-order valence-corrected chi connectivity index (χ0v) is 10.6. The van der Waals surface area contributed by atoms with E-state index < -0.39 is 30.7 Å². The van der Waals surface area contributed by atoms with Gasteiger partial charge in [-0.15, -0.1) is 0 Å². The van der Waals surface area contributed by atoms with Gasteiger partial charge in [0.25, 0.3) is 0 Å². The quantitative estimate of drug-likeness (QED) is 0.420. The lowest BCUT2D eigenvalue weighted by molar-refractivity contribution is -0.142. The molecular weight excluding hydrogens is 260 g/mol. The van der Waals surface area contributed by atoms with Crippen molar-refractivity contribution in [1.29, 1.82) is 0 Å². The summed E-state index contributed by atoms with van der Waals surface area (Å²) < 4.78 is 17.1. The van der Waals surface area contributed by atoms with Crippen LogP contribution in [-0.2, 0) is 28.5 Å². The smallest absolute Gasteiger partial charge is 0.434 e. The normalized spacial score (nSPS) is 9.16. The third kappa shape index (κ3) is 7.53. The molecule has 0 saturated carbocycles. The Labute approximate surface area is 109 Å². The molecule has 8 nitrogen and oxygen atoms in total. The predicted octanol–water partition coefficient (Wildman–Crippen LogP) is 1.33. The molecule has 8 heteroatoms. The van der Waals surface area contributed by atoms with Gasteiger partial charge in [0.1, 0.15) is 0 Å². The van der Waals surface area contributed by atoms with Crippen molar-refractivity contribution in [2.45, 2.75) is 20.3 Å². The van der Waals surface area contributed by atoms with Gasteiger partial charge in [0.05, 0.1) is 19.6 Å². The molecule has 0 heterocycles. The Morgan fingerprint density at radius 1 is 0.895 bits per heavy atom. The van der Waals surface area contributed by atoms with Crippen LogP contribution in [0.15, 0.2) is 12.2 Å². The molecule has 19 heavy (non-hydrogen) atoms. The lowest BCUT2D eigenvalue weighted by Crippen LogP contribution is -2.19. The van der Waals surface area contributed by atoms with E-state index in [-0.39, 0.29) is 18.8 Å². The van der Waals surface area contributed by atoms with E-state index in [0.29, 0.717) is 0 Å². The minimum absolute atomic E-state index is 0.0312. The Morgan fingerprint density at radius 2 is 1.37 bits per heavy atom. The lowest BCUT2D eigenvalue weighted by atomic mass is 10.2. The van der Waals surface area contributed by atoms with Crippen molar-refractivity contribution in [3.63, 3.8) is 0 Å². The maximum Gasteiger partial charge on any atom is 0.516 e. The van der Waals surface area contributed by atoms with Crippen LogP contribution in [0.25, 0.3) is 0 Å². The summed E-state index contributed by atoms with van der Waals surface area (Å²) >= 11 is 0. The molecule has 106 valence electrons. The van der Waals surface area contributed by atoms with Crippen molar-refractivity contribution < 1.29 is 38.1 Å².